The van der Waals surface area contributed by atoms with Gasteiger partial charge in [-0.2, -0.15) is 0 Å². The number of hydrogen-bond acceptors (Lipinski definition) is 0. The van der Waals surface area contributed by atoms with E-state index in [4.69, 9.17) is 0 Å². The van der Waals surface area contributed by atoms with Crippen LogP contribution in [0.4, 0.5) is 0 Å². The third-order valence-electron chi connectivity index (χ3n) is 3.79. The average Bonchev–Trinajstić information content (AvgIpc) is 2.68. The summed E-state index contributed by atoms with van der Waals surface area (Å²) in [6.45, 7) is 0. The lowest BCUT2D eigenvalue weighted by molar-refractivity contribution is 0.990. The maximum atomic E-state index is 2.29. The molecule has 76 valence electrons. The molecule has 0 N–H and O–H groups in total. The van der Waals surface area contributed by atoms with Gasteiger partial charge in [0.25, 0.3) is 0 Å². The quantitative estimate of drug-likeness (QED) is 0.607. The van der Waals surface area contributed by atoms with Crippen molar-refractivity contribution in [3.05, 3.63) is 70.7 Å². The Morgan fingerprint density at radius 3 is 2.81 bits per heavy atom. The van der Waals surface area contributed by atoms with Crippen molar-refractivity contribution in [2.75, 3.05) is 0 Å². The molecule has 1 aromatic rings. The molecular formula is C16H12. The molecular weight excluding hydrogens is 192 g/mol. The van der Waals surface area contributed by atoms with Crippen LogP contribution in [0.15, 0.2) is 60.2 Å². The van der Waals surface area contributed by atoms with Gasteiger partial charge in [-0.15, -0.1) is 0 Å². The molecule has 0 radical (unpaired) electrons. The second-order valence-electron chi connectivity index (χ2n) is 4.59. The van der Waals surface area contributed by atoms with Crippen molar-refractivity contribution in [1.29, 1.82) is 0 Å². The van der Waals surface area contributed by atoms with E-state index < -0.39 is 0 Å². The summed E-state index contributed by atoms with van der Waals surface area (Å²) in [6.07, 6.45) is 12.4. The summed E-state index contributed by atoms with van der Waals surface area (Å²) in [6, 6.07) is 8.81. The molecule has 0 heteroatoms. The van der Waals surface area contributed by atoms with Gasteiger partial charge < -0.3 is 0 Å². The van der Waals surface area contributed by atoms with Gasteiger partial charge in [0.15, 0.2) is 0 Å². The van der Waals surface area contributed by atoms with Crippen molar-refractivity contribution in [3.8, 4) is 0 Å². The zero-order valence-corrected chi connectivity index (χ0v) is 8.98. The predicted octanol–water partition coefficient (Wildman–Crippen LogP) is 2.07. The largest absolute Gasteiger partial charge is 0.0801 e. The van der Waals surface area contributed by atoms with E-state index in [1.807, 2.05) is 0 Å². The predicted molar refractivity (Wildman–Crippen MR) is 67.0 cm³/mol. The monoisotopic (exact) mass is 204 g/mol. The maximum Gasteiger partial charge on any atom is 0.0317 e. The standard InChI is InChI=1S/C16H12/c1-2-8-13-12(7-1)14-9-3-5-11-6-4-10-15(13)16(11)14/h1-9,16H,10H2. The Bertz CT molecular complexity index is 681. The molecule has 0 aromatic heterocycles. The SMILES string of the molecule is C1=CC2=c3ccccc3=C3CC=CC(=C1)C23. The Hall–Kier alpha value is -1.82. The lowest BCUT2D eigenvalue weighted by atomic mass is 9.79. The molecule has 0 heterocycles. The van der Waals surface area contributed by atoms with Crippen LogP contribution in [0.5, 0.6) is 0 Å². The highest BCUT2D eigenvalue weighted by molar-refractivity contribution is 5.84. The van der Waals surface area contributed by atoms with Crippen molar-refractivity contribution >= 4 is 11.1 Å². The Morgan fingerprint density at radius 1 is 1.00 bits per heavy atom. The molecule has 0 nitrogen and oxygen atoms in total. The van der Waals surface area contributed by atoms with Crippen molar-refractivity contribution in [1.82, 2.24) is 0 Å². The van der Waals surface area contributed by atoms with Crippen LogP contribution in [-0.4, -0.2) is 0 Å². The minimum Gasteiger partial charge on any atom is -0.0801 e. The van der Waals surface area contributed by atoms with Crippen LogP contribution in [0.1, 0.15) is 6.42 Å². The van der Waals surface area contributed by atoms with E-state index in [9.17, 15) is 0 Å². The van der Waals surface area contributed by atoms with E-state index in [0.717, 1.165) is 6.42 Å². The molecule has 4 rings (SSSR count). The van der Waals surface area contributed by atoms with Crippen LogP contribution in [0.25, 0.3) is 11.1 Å². The average molecular weight is 204 g/mol. The van der Waals surface area contributed by atoms with Crippen molar-refractivity contribution < 1.29 is 0 Å². The first kappa shape index (κ1) is 8.35. The fourth-order valence-corrected chi connectivity index (χ4v) is 3.14. The minimum absolute atomic E-state index is 0.549. The van der Waals surface area contributed by atoms with Crippen LogP contribution < -0.4 is 10.4 Å². The topological polar surface area (TPSA) is 0 Å². The summed E-state index contributed by atoms with van der Waals surface area (Å²) in [5.74, 6) is 0.549. The van der Waals surface area contributed by atoms with Gasteiger partial charge in [0.05, 0.1) is 0 Å². The molecule has 0 spiro atoms. The fourth-order valence-electron chi connectivity index (χ4n) is 3.14. The lowest BCUT2D eigenvalue weighted by Crippen LogP contribution is -2.23. The van der Waals surface area contributed by atoms with Gasteiger partial charge >= 0.3 is 0 Å². The molecule has 0 bridgehead atoms. The van der Waals surface area contributed by atoms with Crippen molar-refractivity contribution in [3.63, 3.8) is 0 Å². The van der Waals surface area contributed by atoms with Crippen molar-refractivity contribution in [2.24, 2.45) is 5.92 Å². The molecule has 0 saturated heterocycles. The molecule has 0 aliphatic heterocycles. The van der Waals surface area contributed by atoms with E-state index in [2.05, 4.69) is 54.6 Å². The van der Waals surface area contributed by atoms with Gasteiger partial charge in [-0.1, -0.05) is 54.6 Å². The lowest BCUT2D eigenvalue weighted by Gasteiger charge is -2.24. The Balaban J connectivity index is 2.22. The highest BCUT2D eigenvalue weighted by atomic mass is 14.3. The molecule has 0 saturated carbocycles. The molecule has 16 heavy (non-hydrogen) atoms. The summed E-state index contributed by atoms with van der Waals surface area (Å²) in [4.78, 5) is 0. The van der Waals surface area contributed by atoms with Gasteiger partial charge in [0.1, 0.15) is 0 Å². The molecule has 0 amide bonds. The number of benzene rings is 1. The van der Waals surface area contributed by atoms with Gasteiger partial charge in [-0.05, 0) is 33.6 Å². The van der Waals surface area contributed by atoms with Crippen LogP contribution in [0, 0.1) is 5.92 Å². The highest BCUT2D eigenvalue weighted by Crippen LogP contribution is 2.39. The summed E-state index contributed by atoms with van der Waals surface area (Å²) >= 11 is 0. The molecule has 1 unspecified atom stereocenters. The Morgan fingerprint density at radius 2 is 1.88 bits per heavy atom. The summed E-state index contributed by atoms with van der Waals surface area (Å²) in [5, 5.41) is 2.90. The van der Waals surface area contributed by atoms with Crippen LogP contribution >= 0.6 is 0 Å². The van der Waals surface area contributed by atoms with Crippen LogP contribution in [0.2, 0.25) is 0 Å². The smallest absolute Gasteiger partial charge is 0.0317 e. The third-order valence-corrected chi connectivity index (χ3v) is 3.79. The molecule has 1 atom stereocenters. The molecule has 1 aromatic carbocycles. The van der Waals surface area contributed by atoms with Gasteiger partial charge in [-0.25, -0.2) is 0 Å². The Labute approximate surface area is 94.6 Å². The van der Waals surface area contributed by atoms with E-state index in [1.54, 1.807) is 5.57 Å². The number of rotatable bonds is 0. The van der Waals surface area contributed by atoms with Gasteiger partial charge in [0, 0.05) is 5.92 Å². The second kappa shape index (κ2) is 2.85. The highest BCUT2D eigenvalue weighted by Gasteiger charge is 2.29. The number of allylic oxidation sites excluding steroid dienone is 6. The normalized spacial score (nSPS) is 24.2. The number of fused-ring (bicyclic) bond motifs is 1. The molecule has 3 aliphatic carbocycles. The number of hydrogen-bond donors (Lipinski definition) is 0. The zero-order valence-electron chi connectivity index (χ0n) is 8.98. The van der Waals surface area contributed by atoms with E-state index >= 15 is 0 Å². The zero-order chi connectivity index (χ0) is 10.5. The first-order valence-electron chi connectivity index (χ1n) is 5.82. The summed E-state index contributed by atoms with van der Waals surface area (Å²) in [7, 11) is 0. The van der Waals surface area contributed by atoms with E-state index in [-0.39, 0.29) is 0 Å². The second-order valence-corrected chi connectivity index (χ2v) is 4.59. The van der Waals surface area contributed by atoms with E-state index in [0.29, 0.717) is 5.92 Å². The molecule has 3 aliphatic rings. The maximum absolute atomic E-state index is 2.29. The van der Waals surface area contributed by atoms with Crippen LogP contribution in [-0.2, 0) is 0 Å². The van der Waals surface area contributed by atoms with E-state index in [1.165, 1.54) is 21.6 Å². The fraction of sp³-hybridized carbons (Fsp3) is 0.125. The van der Waals surface area contributed by atoms with Crippen molar-refractivity contribution in [2.45, 2.75) is 6.42 Å². The minimum atomic E-state index is 0.549. The van der Waals surface area contributed by atoms with Crippen LogP contribution in [0.3, 0.4) is 0 Å². The van der Waals surface area contributed by atoms with Gasteiger partial charge in [0.2, 0.25) is 0 Å². The summed E-state index contributed by atoms with van der Waals surface area (Å²) in [5.41, 5.74) is 4.53. The van der Waals surface area contributed by atoms with Gasteiger partial charge in [-0.3, -0.25) is 0 Å². The Kier molecular flexibility index (Phi) is 1.49. The summed E-state index contributed by atoms with van der Waals surface area (Å²) < 4.78 is 0. The molecule has 0 fully saturated rings. The first-order chi connectivity index (χ1) is 7.95. The first-order valence-corrected chi connectivity index (χ1v) is 5.82. The third kappa shape index (κ3) is 0.898.